The Morgan fingerprint density at radius 1 is 1.42 bits per heavy atom. The van der Waals surface area contributed by atoms with Crippen LogP contribution < -0.4 is 0 Å². The van der Waals surface area contributed by atoms with Crippen molar-refractivity contribution < 1.29 is 9.84 Å². The van der Waals surface area contributed by atoms with Gasteiger partial charge in [-0.3, -0.25) is 0 Å². The average Bonchev–Trinajstić information content (AvgIpc) is 2.86. The number of aliphatic hydroxyl groups is 1. The predicted octanol–water partition coefficient (Wildman–Crippen LogP) is 3.58. The van der Waals surface area contributed by atoms with Gasteiger partial charge in [0.1, 0.15) is 0 Å². The summed E-state index contributed by atoms with van der Waals surface area (Å²) in [5, 5.41) is 10.8. The standard InChI is InChI=1S/C16H22O2S/c1-13-6-2-3-8-15(13)18-12-16-14(9-11-19-16)7-4-5-10-17/h9,11,13,15,17H,2-3,5-6,8,10,12H2,1H3. The van der Waals surface area contributed by atoms with Crippen LogP contribution in [-0.4, -0.2) is 17.8 Å². The van der Waals surface area contributed by atoms with Crippen LogP contribution in [0.2, 0.25) is 0 Å². The van der Waals surface area contributed by atoms with Gasteiger partial charge >= 0.3 is 0 Å². The molecular formula is C16H22O2S. The third-order valence-electron chi connectivity index (χ3n) is 3.67. The minimum Gasteiger partial charge on any atom is -0.395 e. The molecule has 1 aromatic heterocycles. The van der Waals surface area contributed by atoms with E-state index < -0.39 is 0 Å². The summed E-state index contributed by atoms with van der Waals surface area (Å²) in [6.45, 7) is 3.10. The largest absolute Gasteiger partial charge is 0.395 e. The lowest BCUT2D eigenvalue weighted by Gasteiger charge is -2.28. The Bertz CT molecular complexity index is 441. The third kappa shape index (κ3) is 4.35. The van der Waals surface area contributed by atoms with E-state index in [2.05, 4.69) is 24.1 Å². The van der Waals surface area contributed by atoms with Gasteiger partial charge in [-0.2, -0.15) is 0 Å². The van der Waals surface area contributed by atoms with E-state index in [-0.39, 0.29) is 6.61 Å². The van der Waals surface area contributed by atoms with E-state index in [1.807, 2.05) is 6.07 Å². The topological polar surface area (TPSA) is 29.5 Å². The minimum absolute atomic E-state index is 0.128. The second-order valence-electron chi connectivity index (χ2n) is 5.14. The van der Waals surface area contributed by atoms with E-state index in [4.69, 9.17) is 9.84 Å². The molecule has 2 atom stereocenters. The van der Waals surface area contributed by atoms with Crippen molar-refractivity contribution in [1.82, 2.24) is 0 Å². The smallest absolute Gasteiger partial charge is 0.0825 e. The summed E-state index contributed by atoms with van der Waals surface area (Å²) in [7, 11) is 0. The summed E-state index contributed by atoms with van der Waals surface area (Å²) in [6.07, 6.45) is 6.07. The molecule has 0 amide bonds. The van der Waals surface area contributed by atoms with Crippen molar-refractivity contribution in [2.45, 2.75) is 51.7 Å². The molecule has 1 heterocycles. The van der Waals surface area contributed by atoms with Gasteiger partial charge in [-0.25, -0.2) is 0 Å². The van der Waals surface area contributed by atoms with Crippen molar-refractivity contribution in [3.63, 3.8) is 0 Å². The van der Waals surface area contributed by atoms with Crippen molar-refractivity contribution in [3.8, 4) is 11.8 Å². The molecule has 2 rings (SSSR count). The highest BCUT2D eigenvalue weighted by Crippen LogP contribution is 2.28. The minimum atomic E-state index is 0.128. The molecule has 2 nitrogen and oxygen atoms in total. The van der Waals surface area contributed by atoms with Crippen LogP contribution in [0.4, 0.5) is 0 Å². The molecule has 0 saturated heterocycles. The van der Waals surface area contributed by atoms with Gasteiger partial charge in [0.15, 0.2) is 0 Å². The maximum absolute atomic E-state index is 8.74. The number of rotatable bonds is 4. The van der Waals surface area contributed by atoms with Crippen LogP contribution >= 0.6 is 11.3 Å². The molecule has 104 valence electrons. The Hall–Kier alpha value is -0.820. The molecule has 1 fully saturated rings. The second-order valence-corrected chi connectivity index (χ2v) is 6.14. The van der Waals surface area contributed by atoms with E-state index in [0.717, 1.165) is 5.56 Å². The monoisotopic (exact) mass is 278 g/mol. The lowest BCUT2D eigenvalue weighted by molar-refractivity contribution is -0.0143. The molecule has 0 radical (unpaired) electrons. The average molecular weight is 278 g/mol. The van der Waals surface area contributed by atoms with Gasteiger partial charge in [0.2, 0.25) is 0 Å². The number of hydrogen-bond donors (Lipinski definition) is 1. The Labute approximate surface area is 119 Å². The van der Waals surface area contributed by atoms with E-state index >= 15 is 0 Å². The summed E-state index contributed by atoms with van der Waals surface area (Å²) in [4.78, 5) is 1.21. The van der Waals surface area contributed by atoms with Crippen molar-refractivity contribution in [3.05, 3.63) is 21.9 Å². The van der Waals surface area contributed by atoms with Crippen molar-refractivity contribution in [1.29, 1.82) is 0 Å². The zero-order valence-electron chi connectivity index (χ0n) is 11.5. The first-order valence-corrected chi connectivity index (χ1v) is 7.97. The van der Waals surface area contributed by atoms with Crippen LogP contribution in [-0.2, 0) is 11.3 Å². The molecule has 1 N–H and O–H groups in total. The third-order valence-corrected chi connectivity index (χ3v) is 4.56. The van der Waals surface area contributed by atoms with Gasteiger partial charge in [-0.05, 0) is 30.2 Å². The quantitative estimate of drug-likeness (QED) is 0.853. The Balaban J connectivity index is 1.89. The summed E-state index contributed by atoms with van der Waals surface area (Å²) in [5.74, 6) is 6.77. The lowest BCUT2D eigenvalue weighted by atomic mass is 9.88. The van der Waals surface area contributed by atoms with E-state index in [0.29, 0.717) is 25.0 Å². The normalized spacial score (nSPS) is 22.8. The van der Waals surface area contributed by atoms with Gasteiger partial charge in [0, 0.05) is 16.9 Å². The highest BCUT2D eigenvalue weighted by Gasteiger charge is 2.22. The zero-order valence-corrected chi connectivity index (χ0v) is 12.3. The van der Waals surface area contributed by atoms with Crippen LogP contribution in [0.25, 0.3) is 0 Å². The molecule has 0 aliphatic heterocycles. The number of ether oxygens (including phenoxy) is 1. The highest BCUT2D eigenvalue weighted by atomic mass is 32.1. The predicted molar refractivity (Wildman–Crippen MR) is 79.1 cm³/mol. The van der Waals surface area contributed by atoms with Crippen LogP contribution in [0.1, 0.15) is 49.5 Å². The maximum atomic E-state index is 8.74. The first kappa shape index (κ1) is 14.6. The van der Waals surface area contributed by atoms with Gasteiger partial charge < -0.3 is 9.84 Å². The summed E-state index contributed by atoms with van der Waals surface area (Å²) in [6, 6.07) is 2.04. The fourth-order valence-electron chi connectivity index (χ4n) is 2.49. The Morgan fingerprint density at radius 2 is 2.26 bits per heavy atom. The molecule has 1 aromatic rings. The molecular weight excluding hydrogens is 256 g/mol. The summed E-state index contributed by atoms with van der Waals surface area (Å²) < 4.78 is 6.08. The number of hydrogen-bond acceptors (Lipinski definition) is 3. The Kier molecular flexibility index (Phi) is 5.91. The molecule has 1 aliphatic carbocycles. The lowest BCUT2D eigenvalue weighted by Crippen LogP contribution is -2.25. The van der Waals surface area contributed by atoms with Crippen molar-refractivity contribution in [2.24, 2.45) is 5.92 Å². The first-order chi connectivity index (χ1) is 9.31. The highest BCUT2D eigenvalue weighted by molar-refractivity contribution is 7.10. The van der Waals surface area contributed by atoms with Crippen LogP contribution in [0, 0.1) is 17.8 Å². The van der Waals surface area contributed by atoms with Gasteiger partial charge in [0.25, 0.3) is 0 Å². The molecule has 2 unspecified atom stereocenters. The van der Waals surface area contributed by atoms with Crippen LogP contribution in [0.5, 0.6) is 0 Å². The van der Waals surface area contributed by atoms with Crippen LogP contribution in [0.3, 0.4) is 0 Å². The second kappa shape index (κ2) is 7.69. The summed E-state index contributed by atoms with van der Waals surface area (Å²) in [5.41, 5.74) is 1.06. The number of thiophene rings is 1. The summed E-state index contributed by atoms with van der Waals surface area (Å²) >= 11 is 1.71. The molecule has 3 heteroatoms. The fourth-order valence-corrected chi connectivity index (χ4v) is 3.24. The zero-order chi connectivity index (χ0) is 13.5. The van der Waals surface area contributed by atoms with Gasteiger partial charge in [-0.1, -0.05) is 31.6 Å². The van der Waals surface area contributed by atoms with Gasteiger partial charge in [-0.15, -0.1) is 11.3 Å². The molecule has 1 aliphatic rings. The van der Waals surface area contributed by atoms with E-state index in [9.17, 15) is 0 Å². The Morgan fingerprint density at radius 3 is 3.05 bits per heavy atom. The van der Waals surface area contributed by atoms with Crippen LogP contribution in [0.15, 0.2) is 11.4 Å². The van der Waals surface area contributed by atoms with Crippen molar-refractivity contribution >= 4 is 11.3 Å². The molecule has 0 aromatic carbocycles. The SMILES string of the molecule is CC1CCCCC1OCc1sccc1C#CCCO. The van der Waals surface area contributed by atoms with Crippen molar-refractivity contribution in [2.75, 3.05) is 6.61 Å². The van der Waals surface area contributed by atoms with Gasteiger partial charge in [0.05, 0.1) is 19.3 Å². The maximum Gasteiger partial charge on any atom is 0.0825 e. The first-order valence-electron chi connectivity index (χ1n) is 7.09. The molecule has 0 spiro atoms. The van der Waals surface area contributed by atoms with E-state index in [1.54, 1.807) is 11.3 Å². The number of aliphatic hydroxyl groups excluding tert-OH is 1. The molecule has 19 heavy (non-hydrogen) atoms. The van der Waals surface area contributed by atoms with E-state index in [1.165, 1.54) is 30.6 Å². The molecule has 0 bridgehead atoms. The fraction of sp³-hybridized carbons (Fsp3) is 0.625. The molecule has 1 saturated carbocycles.